The van der Waals surface area contributed by atoms with Crippen LogP contribution in [-0.4, -0.2) is 19.4 Å². The summed E-state index contributed by atoms with van der Waals surface area (Å²) in [6.07, 6.45) is 0.925. The molecule has 0 aliphatic heterocycles. The van der Waals surface area contributed by atoms with Gasteiger partial charge in [0.1, 0.15) is 4.91 Å². The molecular weight excluding hydrogens is 208 g/mol. The van der Waals surface area contributed by atoms with Gasteiger partial charge in [-0.05, 0) is 15.9 Å². The summed E-state index contributed by atoms with van der Waals surface area (Å²) in [5.74, 6) is 0. The maximum absolute atomic E-state index is 10.4. The molecule has 52 valence electrons. The lowest BCUT2D eigenvalue weighted by Crippen LogP contribution is -2.04. The topological polar surface area (TPSA) is 51.2 Å². The minimum absolute atomic E-state index is 0.414. The van der Waals surface area contributed by atoms with E-state index in [1.165, 1.54) is 0 Å². The molecule has 0 fully saturated rings. The van der Waals surface area contributed by atoms with Crippen LogP contribution in [0.2, 0.25) is 0 Å². The van der Waals surface area contributed by atoms with Crippen LogP contribution < -0.4 is 0 Å². The van der Waals surface area contributed by atoms with Gasteiger partial charge in [0, 0.05) is 6.26 Å². The van der Waals surface area contributed by atoms with Crippen molar-refractivity contribution < 1.29 is 13.2 Å². The smallest absolute Gasteiger partial charge is 0.238 e. The Morgan fingerprint density at radius 3 is 1.89 bits per heavy atom. The van der Waals surface area contributed by atoms with Crippen molar-refractivity contribution >= 4 is 30.5 Å². The van der Waals surface area contributed by atoms with Gasteiger partial charge in [0.25, 0.3) is 0 Å². The average molecular weight is 213 g/mol. The number of halogens is 1. The van der Waals surface area contributed by atoms with Crippen LogP contribution in [0.1, 0.15) is 0 Å². The van der Waals surface area contributed by atoms with Crippen molar-refractivity contribution in [3.05, 3.63) is 11.5 Å². The van der Waals surface area contributed by atoms with Gasteiger partial charge in [-0.3, -0.25) is 4.79 Å². The summed E-state index contributed by atoms with van der Waals surface area (Å²) in [6, 6.07) is 0. The molecule has 0 amide bonds. The van der Waals surface area contributed by atoms with Crippen LogP contribution in [0.5, 0.6) is 0 Å². The lowest BCUT2D eigenvalue weighted by molar-refractivity contribution is -0.106. The van der Waals surface area contributed by atoms with Gasteiger partial charge in [-0.15, -0.1) is 0 Å². The molecule has 0 atom stereocenters. The predicted octanol–water partition coefficient (Wildman–Crippen LogP) is 0.466. The molecule has 0 aliphatic carbocycles. The summed E-state index contributed by atoms with van der Waals surface area (Å²) in [4.78, 5) is 9.81. The lowest BCUT2D eigenvalue weighted by atomic mass is 10.7. The van der Waals surface area contributed by atoms with Crippen LogP contribution >= 0.6 is 15.9 Å². The number of carbonyl (C=O) groups excluding carboxylic acids is 1. The Hall–Kier alpha value is -0.160. The summed E-state index contributed by atoms with van der Waals surface area (Å²) in [5.41, 5.74) is 0. The van der Waals surface area contributed by atoms with Crippen LogP contribution in [0.3, 0.4) is 0 Å². The fourth-order valence-corrected chi connectivity index (χ4v) is 1.32. The first-order chi connectivity index (χ1) is 3.85. The molecule has 0 rings (SSSR count). The zero-order valence-electron chi connectivity index (χ0n) is 4.72. The van der Waals surface area contributed by atoms with E-state index in [0.29, 0.717) is 0 Å². The second kappa shape index (κ2) is 2.62. The molecular formula is C4H5BrO3S. The van der Waals surface area contributed by atoms with Gasteiger partial charge >= 0.3 is 0 Å². The van der Waals surface area contributed by atoms with Crippen molar-refractivity contribution in [2.45, 2.75) is 0 Å². The monoisotopic (exact) mass is 212 g/mol. The molecule has 0 N–H and O–H groups in total. The van der Waals surface area contributed by atoms with Crippen LogP contribution in [0.15, 0.2) is 11.5 Å². The van der Waals surface area contributed by atoms with Gasteiger partial charge in [0.05, 0.1) is 0 Å². The third-order valence-corrected chi connectivity index (χ3v) is 2.49. The second-order valence-corrected chi connectivity index (χ2v) is 4.23. The van der Waals surface area contributed by atoms with E-state index in [2.05, 4.69) is 22.5 Å². The first-order valence-electron chi connectivity index (χ1n) is 1.94. The van der Waals surface area contributed by atoms with E-state index < -0.39 is 19.4 Å². The molecule has 0 aromatic heterocycles. The number of hydrogen-bond donors (Lipinski definition) is 0. The molecule has 0 heterocycles. The van der Waals surface area contributed by atoms with Gasteiger partial charge in [0.15, 0.2) is 9.84 Å². The number of sulfone groups is 1. The van der Waals surface area contributed by atoms with Crippen LogP contribution in [0.4, 0.5) is 0 Å². The summed E-state index contributed by atoms with van der Waals surface area (Å²) >= 11 is 2.46. The van der Waals surface area contributed by atoms with E-state index in [0.717, 1.165) is 6.26 Å². The zero-order chi connectivity index (χ0) is 7.65. The minimum Gasteiger partial charge on any atom is -0.280 e. The molecule has 0 aliphatic rings. The van der Waals surface area contributed by atoms with Gasteiger partial charge in [-0.25, -0.2) is 8.42 Å². The summed E-state index contributed by atoms with van der Waals surface area (Å²) < 4.78 is 20.2. The van der Waals surface area contributed by atoms with E-state index in [1.54, 1.807) is 0 Å². The summed E-state index contributed by atoms with van der Waals surface area (Å²) in [5, 5.41) is 0. The Morgan fingerprint density at radius 1 is 1.56 bits per heavy atom. The Kier molecular flexibility index (Phi) is 2.57. The molecule has 0 aromatic carbocycles. The largest absolute Gasteiger partial charge is 0.280 e. The molecule has 0 aromatic rings. The highest BCUT2D eigenvalue weighted by Crippen LogP contribution is 2.05. The highest BCUT2D eigenvalue weighted by molar-refractivity contribution is 9.18. The highest BCUT2D eigenvalue weighted by Gasteiger charge is 2.13. The fourth-order valence-electron chi connectivity index (χ4n) is 0.146. The number of carbonyl (C=O) groups is 1. The Morgan fingerprint density at radius 2 is 1.89 bits per heavy atom. The quantitative estimate of drug-likeness (QED) is 0.494. The summed E-state index contributed by atoms with van der Waals surface area (Å²) in [6.45, 7) is 3.04. The minimum atomic E-state index is -3.39. The first-order valence-corrected chi connectivity index (χ1v) is 4.63. The van der Waals surface area contributed by atoms with Crippen molar-refractivity contribution in [3.8, 4) is 0 Å². The maximum Gasteiger partial charge on any atom is 0.238 e. The van der Waals surface area contributed by atoms with E-state index >= 15 is 0 Å². The van der Waals surface area contributed by atoms with Crippen LogP contribution in [0.25, 0.3) is 0 Å². The SMILES string of the molecule is C=C(C(=O)Br)S(C)(=O)=O. The van der Waals surface area contributed by atoms with Crippen molar-refractivity contribution in [2.24, 2.45) is 0 Å². The molecule has 0 saturated carbocycles. The van der Waals surface area contributed by atoms with E-state index in [9.17, 15) is 13.2 Å². The van der Waals surface area contributed by atoms with Crippen molar-refractivity contribution in [1.82, 2.24) is 0 Å². The molecule has 0 spiro atoms. The van der Waals surface area contributed by atoms with E-state index in [4.69, 9.17) is 0 Å². The van der Waals surface area contributed by atoms with Crippen LogP contribution in [0, 0.1) is 0 Å². The van der Waals surface area contributed by atoms with Gasteiger partial charge < -0.3 is 0 Å². The average Bonchev–Trinajstić information content (AvgIpc) is 1.62. The summed E-state index contributed by atoms with van der Waals surface area (Å²) in [7, 11) is -3.39. The molecule has 0 saturated heterocycles. The van der Waals surface area contributed by atoms with E-state index in [-0.39, 0.29) is 0 Å². The lowest BCUT2D eigenvalue weighted by Gasteiger charge is -1.92. The predicted molar refractivity (Wildman–Crippen MR) is 37.9 cm³/mol. The number of rotatable bonds is 2. The Balaban J connectivity index is 4.66. The molecule has 3 nitrogen and oxygen atoms in total. The maximum atomic E-state index is 10.4. The molecule has 0 bridgehead atoms. The number of hydrogen-bond acceptors (Lipinski definition) is 3. The highest BCUT2D eigenvalue weighted by atomic mass is 79.9. The second-order valence-electron chi connectivity index (χ2n) is 1.47. The van der Waals surface area contributed by atoms with Crippen molar-refractivity contribution in [2.75, 3.05) is 6.26 Å². The molecule has 0 unspecified atom stereocenters. The van der Waals surface area contributed by atoms with Crippen LogP contribution in [-0.2, 0) is 14.6 Å². The van der Waals surface area contributed by atoms with Gasteiger partial charge in [-0.2, -0.15) is 0 Å². The normalized spacial score (nSPS) is 10.9. The van der Waals surface area contributed by atoms with Crippen molar-refractivity contribution in [3.63, 3.8) is 0 Å². The standard InChI is InChI=1S/C4H5BrO3S/c1-3(4(5)6)9(2,7)8/h1H2,2H3. The Labute approximate surface area is 61.8 Å². The fraction of sp³-hybridized carbons (Fsp3) is 0.250. The third-order valence-electron chi connectivity index (χ3n) is 0.667. The first kappa shape index (κ1) is 8.84. The van der Waals surface area contributed by atoms with Gasteiger partial charge in [0.2, 0.25) is 4.69 Å². The molecule has 9 heavy (non-hydrogen) atoms. The molecule has 0 radical (unpaired) electrons. The van der Waals surface area contributed by atoms with Gasteiger partial charge in [-0.1, -0.05) is 6.58 Å². The van der Waals surface area contributed by atoms with Crippen molar-refractivity contribution in [1.29, 1.82) is 0 Å². The van der Waals surface area contributed by atoms with E-state index in [1.807, 2.05) is 0 Å². The Bertz CT molecular complexity index is 239. The number of allylic oxidation sites excluding steroid dienone is 1. The third kappa shape index (κ3) is 2.76. The molecule has 5 heteroatoms. The zero-order valence-corrected chi connectivity index (χ0v) is 7.12.